The lowest BCUT2D eigenvalue weighted by atomic mass is 10.1. The molecule has 0 radical (unpaired) electrons. The largest absolute Gasteiger partial charge is 0.389 e. The van der Waals surface area contributed by atoms with Crippen LogP contribution in [0.4, 0.5) is 0 Å². The van der Waals surface area contributed by atoms with Crippen LogP contribution in [0.25, 0.3) is 0 Å². The van der Waals surface area contributed by atoms with Crippen molar-refractivity contribution in [2.45, 2.75) is 35.6 Å². The summed E-state index contributed by atoms with van der Waals surface area (Å²) in [5.41, 5.74) is 0.725. The number of aliphatic hydroxyl groups is 1. The van der Waals surface area contributed by atoms with Crippen LogP contribution in [-0.4, -0.2) is 48.1 Å². The first-order valence-corrected chi connectivity index (χ1v) is 10.0. The first-order valence-electron chi connectivity index (χ1n) is 7.60. The number of nitrogens with one attached hydrogen (secondary N) is 1. The average molecular weight is 342 g/mol. The first kappa shape index (κ1) is 16.3. The van der Waals surface area contributed by atoms with Crippen molar-refractivity contribution in [3.05, 3.63) is 29.8 Å². The van der Waals surface area contributed by atoms with E-state index >= 15 is 0 Å². The zero-order valence-corrected chi connectivity index (χ0v) is 14.3. The van der Waals surface area contributed by atoms with E-state index in [-0.39, 0.29) is 4.87 Å². The summed E-state index contributed by atoms with van der Waals surface area (Å²) in [7, 11) is -3.44. The van der Waals surface area contributed by atoms with Crippen molar-refractivity contribution in [1.29, 1.82) is 0 Å². The van der Waals surface area contributed by atoms with Crippen molar-refractivity contribution >= 4 is 21.8 Å². The number of rotatable bonds is 3. The first-order chi connectivity index (χ1) is 10.4. The topological polar surface area (TPSA) is 69.6 Å². The van der Waals surface area contributed by atoms with Gasteiger partial charge in [-0.25, -0.2) is 8.42 Å². The van der Waals surface area contributed by atoms with Gasteiger partial charge in [0, 0.05) is 25.4 Å². The van der Waals surface area contributed by atoms with Crippen molar-refractivity contribution < 1.29 is 13.5 Å². The van der Waals surface area contributed by atoms with Crippen LogP contribution in [0.3, 0.4) is 0 Å². The van der Waals surface area contributed by atoms with Crippen molar-refractivity contribution in [2.75, 3.05) is 25.4 Å². The lowest BCUT2D eigenvalue weighted by molar-refractivity contribution is 0.199. The fraction of sp³-hybridized carbons (Fsp3) is 0.600. The molecule has 0 saturated carbocycles. The highest BCUT2D eigenvalue weighted by atomic mass is 32.2. The molecule has 0 aromatic heterocycles. The predicted octanol–water partition coefficient (Wildman–Crippen LogP) is 1.56. The molecular weight excluding hydrogens is 320 g/mol. The number of hydrogen-bond donors (Lipinski definition) is 2. The lowest BCUT2D eigenvalue weighted by Crippen LogP contribution is -2.49. The van der Waals surface area contributed by atoms with Crippen LogP contribution in [0.15, 0.2) is 29.2 Å². The van der Waals surface area contributed by atoms with E-state index in [4.69, 9.17) is 0 Å². The maximum atomic E-state index is 12.7. The molecule has 2 saturated heterocycles. The van der Waals surface area contributed by atoms with Gasteiger partial charge < -0.3 is 10.4 Å². The molecule has 3 rings (SSSR count). The minimum atomic E-state index is -3.44. The Labute approximate surface area is 136 Å². The molecule has 1 unspecified atom stereocenters. The number of nitrogens with zero attached hydrogens (tertiary/aromatic N) is 1. The third-order valence-electron chi connectivity index (χ3n) is 4.46. The number of hydrogen-bond acceptors (Lipinski definition) is 5. The molecule has 1 spiro atoms. The standard InChI is InChI=1S/C15H22N2O3S2/c1-12(18)13-2-4-14(5-3-13)22(19,20)17-9-6-15(7-10-17)16-8-11-21-15/h2-5,12,16,18H,6-11H2,1H3. The summed E-state index contributed by atoms with van der Waals surface area (Å²) in [6.45, 7) is 3.79. The molecule has 2 aliphatic rings. The normalized spacial score (nSPS) is 23.7. The Morgan fingerprint density at radius 3 is 2.41 bits per heavy atom. The van der Waals surface area contributed by atoms with E-state index in [9.17, 15) is 13.5 Å². The average Bonchev–Trinajstić information content (AvgIpc) is 2.96. The van der Waals surface area contributed by atoms with Gasteiger partial charge in [0.2, 0.25) is 10.0 Å². The monoisotopic (exact) mass is 342 g/mol. The minimum absolute atomic E-state index is 0.0855. The van der Waals surface area contributed by atoms with E-state index in [0.29, 0.717) is 18.0 Å². The van der Waals surface area contributed by atoms with Gasteiger partial charge in [-0.05, 0) is 37.5 Å². The Morgan fingerprint density at radius 2 is 1.91 bits per heavy atom. The molecule has 2 fully saturated rings. The van der Waals surface area contributed by atoms with Gasteiger partial charge >= 0.3 is 0 Å². The minimum Gasteiger partial charge on any atom is -0.389 e. The number of sulfonamides is 1. The number of piperidine rings is 1. The summed E-state index contributed by atoms with van der Waals surface area (Å²) < 4.78 is 27.0. The molecule has 2 N–H and O–H groups in total. The highest BCUT2D eigenvalue weighted by Crippen LogP contribution is 2.38. The van der Waals surface area contributed by atoms with Crippen LogP contribution in [0.5, 0.6) is 0 Å². The van der Waals surface area contributed by atoms with Crippen LogP contribution in [-0.2, 0) is 10.0 Å². The predicted molar refractivity (Wildman–Crippen MR) is 88.3 cm³/mol. The zero-order chi connectivity index (χ0) is 15.8. The zero-order valence-electron chi connectivity index (χ0n) is 12.7. The maximum Gasteiger partial charge on any atom is 0.243 e. The third kappa shape index (κ3) is 3.05. The van der Waals surface area contributed by atoms with E-state index in [1.807, 2.05) is 11.8 Å². The van der Waals surface area contributed by atoms with Gasteiger partial charge in [0.25, 0.3) is 0 Å². The summed E-state index contributed by atoms with van der Waals surface area (Å²) in [4.78, 5) is 0.391. The molecule has 1 atom stereocenters. The van der Waals surface area contributed by atoms with E-state index in [0.717, 1.165) is 30.7 Å². The number of thioether (sulfide) groups is 1. The molecule has 5 nitrogen and oxygen atoms in total. The Morgan fingerprint density at radius 1 is 1.27 bits per heavy atom. The molecule has 1 aromatic carbocycles. The van der Waals surface area contributed by atoms with Gasteiger partial charge in [-0.1, -0.05) is 12.1 Å². The van der Waals surface area contributed by atoms with Gasteiger partial charge in [-0.2, -0.15) is 4.31 Å². The van der Waals surface area contributed by atoms with Crippen molar-refractivity contribution in [2.24, 2.45) is 0 Å². The van der Waals surface area contributed by atoms with Crippen LogP contribution >= 0.6 is 11.8 Å². The molecular formula is C15H22N2O3S2. The van der Waals surface area contributed by atoms with Gasteiger partial charge in [0.15, 0.2) is 0 Å². The van der Waals surface area contributed by atoms with Crippen LogP contribution < -0.4 is 5.32 Å². The summed E-state index contributed by atoms with van der Waals surface area (Å²) in [5, 5.41) is 13.0. The van der Waals surface area contributed by atoms with Gasteiger partial charge in [0.1, 0.15) is 0 Å². The molecule has 0 aliphatic carbocycles. The van der Waals surface area contributed by atoms with Crippen LogP contribution in [0.2, 0.25) is 0 Å². The second-order valence-electron chi connectivity index (χ2n) is 5.92. The van der Waals surface area contributed by atoms with Crippen molar-refractivity contribution in [3.8, 4) is 0 Å². The summed E-state index contributed by atoms with van der Waals surface area (Å²) >= 11 is 1.92. The lowest BCUT2D eigenvalue weighted by Gasteiger charge is -2.38. The molecule has 122 valence electrons. The van der Waals surface area contributed by atoms with Gasteiger partial charge in [-0.15, -0.1) is 11.8 Å². The third-order valence-corrected chi connectivity index (χ3v) is 7.88. The van der Waals surface area contributed by atoms with E-state index in [1.165, 1.54) is 0 Å². The number of aliphatic hydroxyl groups excluding tert-OH is 1. The number of benzene rings is 1. The Bertz CT molecular complexity index is 613. The Balaban J connectivity index is 1.73. The fourth-order valence-corrected chi connectivity index (χ4v) is 5.76. The Hall–Kier alpha value is -0.600. The molecule has 7 heteroatoms. The fourth-order valence-electron chi connectivity index (χ4n) is 3.05. The molecule has 2 heterocycles. The summed E-state index contributed by atoms with van der Waals surface area (Å²) in [5.74, 6) is 1.10. The molecule has 0 bridgehead atoms. The van der Waals surface area contributed by atoms with Crippen molar-refractivity contribution in [3.63, 3.8) is 0 Å². The summed E-state index contributed by atoms with van der Waals surface area (Å²) in [6, 6.07) is 6.53. The molecule has 0 amide bonds. The van der Waals surface area contributed by atoms with Gasteiger partial charge in [-0.3, -0.25) is 0 Å². The van der Waals surface area contributed by atoms with E-state index in [1.54, 1.807) is 35.5 Å². The quantitative estimate of drug-likeness (QED) is 0.872. The molecule has 1 aromatic rings. The van der Waals surface area contributed by atoms with Crippen LogP contribution in [0, 0.1) is 0 Å². The molecule has 22 heavy (non-hydrogen) atoms. The maximum absolute atomic E-state index is 12.7. The van der Waals surface area contributed by atoms with E-state index in [2.05, 4.69) is 5.32 Å². The van der Waals surface area contributed by atoms with Crippen molar-refractivity contribution in [1.82, 2.24) is 9.62 Å². The second kappa shape index (κ2) is 6.13. The highest BCUT2D eigenvalue weighted by Gasteiger charge is 2.40. The van der Waals surface area contributed by atoms with Crippen LogP contribution in [0.1, 0.15) is 31.4 Å². The summed E-state index contributed by atoms with van der Waals surface area (Å²) in [6.07, 6.45) is 1.11. The highest BCUT2D eigenvalue weighted by molar-refractivity contribution is 8.00. The van der Waals surface area contributed by atoms with E-state index < -0.39 is 16.1 Å². The Kier molecular flexibility index (Phi) is 4.53. The SMILES string of the molecule is CC(O)c1ccc(S(=O)(=O)N2CCC3(CC2)NCCS3)cc1. The van der Waals surface area contributed by atoms with Gasteiger partial charge in [0.05, 0.1) is 15.9 Å². The molecule has 2 aliphatic heterocycles. The smallest absolute Gasteiger partial charge is 0.243 e. The second-order valence-corrected chi connectivity index (χ2v) is 9.33.